The maximum atomic E-state index is 15.8. The fraction of sp³-hybridized carbons (Fsp3) is 0.211. The van der Waals surface area contributed by atoms with Gasteiger partial charge in [0, 0.05) is 78.5 Å². The molecule has 0 N–H and O–H groups in total. The third kappa shape index (κ3) is 11.1. The van der Waals surface area contributed by atoms with E-state index in [4.69, 9.17) is 9.72 Å². The van der Waals surface area contributed by atoms with Gasteiger partial charge in [-0.1, -0.05) is 192 Å². The fourth-order valence-electron chi connectivity index (χ4n) is 11.4. The number of ether oxygens (including phenoxy) is 1. The van der Waals surface area contributed by atoms with Crippen LogP contribution in [0.25, 0.3) is 72.1 Å². The van der Waals surface area contributed by atoms with Gasteiger partial charge in [-0.05, 0) is 132 Å². The molecule has 0 atom stereocenters. The van der Waals surface area contributed by atoms with Gasteiger partial charge in [0.2, 0.25) is 0 Å². The van der Waals surface area contributed by atoms with E-state index in [0.29, 0.717) is 28.3 Å². The van der Waals surface area contributed by atoms with Gasteiger partial charge < -0.3 is 19.1 Å². The van der Waals surface area contributed by atoms with Crippen LogP contribution in [0, 0.1) is 30.4 Å². The van der Waals surface area contributed by atoms with E-state index in [-0.39, 0.29) is 42.7 Å². The first kappa shape index (κ1) is 57.7. The van der Waals surface area contributed by atoms with Crippen LogP contribution in [0.15, 0.2) is 194 Å². The number of pyridine rings is 1. The molecule has 3 heterocycles. The molecule has 9 aromatic carbocycles. The minimum absolute atomic E-state index is 0. The maximum absolute atomic E-state index is 15.8. The van der Waals surface area contributed by atoms with Crippen molar-refractivity contribution in [2.75, 3.05) is 9.80 Å². The molecule has 0 fully saturated rings. The van der Waals surface area contributed by atoms with Crippen LogP contribution < -0.4 is 14.5 Å². The summed E-state index contributed by atoms with van der Waals surface area (Å²) < 4.78 is 40.8. The molecule has 0 spiro atoms. The second-order valence-corrected chi connectivity index (χ2v) is 26.2. The summed E-state index contributed by atoms with van der Waals surface area (Å²) in [6.07, 6.45) is 1.89. The van der Waals surface area contributed by atoms with Crippen LogP contribution in [-0.2, 0) is 42.7 Å². The number of benzene rings is 9. The first-order chi connectivity index (χ1) is 39.5. The summed E-state index contributed by atoms with van der Waals surface area (Å²) in [6.45, 7) is 28.8. The molecule has 426 valence electrons. The average molecular weight is 1290 g/mol. The Kier molecular flexibility index (Phi) is 15.0. The van der Waals surface area contributed by atoms with Gasteiger partial charge in [-0.15, -0.1) is 53.6 Å². The van der Waals surface area contributed by atoms with Crippen LogP contribution in [0.5, 0.6) is 11.5 Å². The molecule has 0 aliphatic carbocycles. The van der Waals surface area contributed by atoms with E-state index in [2.05, 4.69) is 262 Å². The number of anilines is 4. The fourth-order valence-corrected chi connectivity index (χ4v) is 11.4. The summed E-state index contributed by atoms with van der Waals surface area (Å²) in [6, 6.07) is 70.8. The number of halogens is 2. The van der Waals surface area contributed by atoms with Crippen molar-refractivity contribution in [1.82, 2.24) is 9.55 Å². The number of aromatic nitrogens is 2. The Morgan fingerprint density at radius 3 is 1.60 bits per heavy atom. The van der Waals surface area contributed by atoms with E-state index >= 15 is 8.78 Å². The topological polar surface area (TPSA) is 33.5 Å². The van der Waals surface area contributed by atoms with E-state index < -0.39 is 11.6 Å². The standard InChI is InChI=1S/C76H69F2N4O.Pt/c1-73(2,3)52-32-33-79-71(43-52)82-67-27-19-18-26-63(67)64-31-30-59(46-70(64)82)83-60-39-51(62-25-17-16-24-61(62)48-22-14-13-15-23-48)38-58(45-60)80-47-81(69-29-21-20-28-68(69)80)72-65(49-34-53(74(4,5)6)40-54(35-49)75(7,8)9)41-55(76(10,11)12)42-66(72)50-36-56(77)44-57(78)37-50;/h13-44,47H,1-12H3;/q-3;. The zero-order valence-corrected chi connectivity index (χ0v) is 52.1. The van der Waals surface area contributed by atoms with E-state index in [1.165, 1.54) is 28.8 Å². The van der Waals surface area contributed by atoms with Crippen LogP contribution >= 0.6 is 0 Å². The SMILES string of the molecule is CC(C)(C)c1cc(-c2cc(C(C)(C)C)cc(-c3cc(F)cc(F)c3)c2N2[CH-]N(c3[c-]c(Oc4[c-]c5c(cc4)c4ccccc4n5-c4cc(C(C)(C)C)ccn4)cc(-c4ccccc4-c4ccccc4)c3)c3ccccc32)cc(C(C)(C)C)c1.[Pt]. The van der Waals surface area contributed by atoms with E-state index in [1.807, 2.05) is 30.5 Å². The summed E-state index contributed by atoms with van der Waals surface area (Å²) in [5.41, 5.74) is 16.0. The van der Waals surface area contributed by atoms with Crippen molar-refractivity contribution < 1.29 is 34.6 Å². The first-order valence-corrected chi connectivity index (χ1v) is 28.6. The zero-order valence-electron chi connectivity index (χ0n) is 49.8. The minimum atomic E-state index is -0.648. The van der Waals surface area contributed by atoms with Gasteiger partial charge in [0.15, 0.2) is 0 Å². The van der Waals surface area contributed by atoms with Gasteiger partial charge in [0.1, 0.15) is 17.5 Å². The number of nitrogens with zero attached hydrogens (tertiary/aromatic N) is 4. The number of hydrogen-bond donors (Lipinski definition) is 0. The van der Waals surface area contributed by atoms with Crippen LogP contribution in [0.3, 0.4) is 0 Å². The second-order valence-electron chi connectivity index (χ2n) is 26.2. The van der Waals surface area contributed by atoms with Crippen molar-refractivity contribution in [2.45, 2.75) is 105 Å². The molecule has 0 bridgehead atoms. The molecule has 0 unspecified atom stereocenters. The van der Waals surface area contributed by atoms with Crippen molar-refractivity contribution in [3.63, 3.8) is 0 Å². The molecular weight excluding hydrogens is 1220 g/mol. The van der Waals surface area contributed by atoms with E-state index in [0.717, 1.165) is 89.7 Å². The molecule has 12 rings (SSSR count). The molecular formula is C76H69F2N4OPt-3. The van der Waals surface area contributed by atoms with Gasteiger partial charge in [0.25, 0.3) is 0 Å². The van der Waals surface area contributed by atoms with Crippen molar-refractivity contribution in [3.8, 4) is 61.8 Å². The Morgan fingerprint density at radius 2 is 0.964 bits per heavy atom. The predicted molar refractivity (Wildman–Crippen MR) is 341 cm³/mol. The van der Waals surface area contributed by atoms with Crippen LogP contribution in [0.2, 0.25) is 0 Å². The molecule has 0 saturated carbocycles. The molecule has 0 radical (unpaired) electrons. The summed E-state index contributed by atoms with van der Waals surface area (Å²) in [5.74, 6) is 0.501. The quantitative estimate of drug-likeness (QED) is 0.135. The number of hydrogen-bond acceptors (Lipinski definition) is 4. The number of fused-ring (bicyclic) bond motifs is 4. The number of rotatable bonds is 9. The number of para-hydroxylation sites is 3. The third-order valence-electron chi connectivity index (χ3n) is 16.0. The van der Waals surface area contributed by atoms with Gasteiger partial charge in [-0.25, -0.2) is 13.8 Å². The molecule has 1 aliphatic heterocycles. The van der Waals surface area contributed by atoms with Gasteiger partial charge >= 0.3 is 0 Å². The molecule has 2 aromatic heterocycles. The van der Waals surface area contributed by atoms with Gasteiger partial charge in [-0.3, -0.25) is 0 Å². The van der Waals surface area contributed by atoms with Crippen molar-refractivity contribution in [3.05, 3.63) is 247 Å². The average Bonchev–Trinajstić information content (AvgIpc) is 1.62. The third-order valence-corrected chi connectivity index (χ3v) is 16.0. The van der Waals surface area contributed by atoms with Crippen LogP contribution in [-0.4, -0.2) is 9.55 Å². The summed E-state index contributed by atoms with van der Waals surface area (Å²) >= 11 is 0. The van der Waals surface area contributed by atoms with E-state index in [9.17, 15) is 0 Å². The summed E-state index contributed by atoms with van der Waals surface area (Å²) in [5, 5.41) is 2.12. The van der Waals surface area contributed by atoms with E-state index in [1.54, 1.807) is 0 Å². The van der Waals surface area contributed by atoms with Crippen molar-refractivity contribution >= 4 is 44.6 Å². The molecule has 0 amide bonds. The minimum Gasteiger partial charge on any atom is -0.509 e. The Labute approximate surface area is 508 Å². The Hall–Kier alpha value is -8.12. The maximum Gasteiger partial charge on any atom is 0.135 e. The van der Waals surface area contributed by atoms with Crippen LogP contribution in [0.4, 0.5) is 31.5 Å². The first-order valence-electron chi connectivity index (χ1n) is 28.6. The smallest absolute Gasteiger partial charge is 0.135 e. The molecule has 8 heteroatoms. The summed E-state index contributed by atoms with van der Waals surface area (Å²) in [4.78, 5) is 9.28. The van der Waals surface area contributed by atoms with Gasteiger partial charge in [-0.2, -0.15) is 6.07 Å². The van der Waals surface area contributed by atoms with Crippen molar-refractivity contribution in [2.24, 2.45) is 0 Å². The van der Waals surface area contributed by atoms with Gasteiger partial charge in [0.05, 0.1) is 0 Å². The predicted octanol–water partition coefficient (Wildman–Crippen LogP) is 21.1. The normalized spacial score (nSPS) is 12.9. The van der Waals surface area contributed by atoms with Crippen molar-refractivity contribution in [1.29, 1.82) is 0 Å². The Balaban J connectivity index is 0.00000736. The molecule has 5 nitrogen and oxygen atoms in total. The molecule has 84 heavy (non-hydrogen) atoms. The van der Waals surface area contributed by atoms with Crippen LogP contribution in [0.1, 0.15) is 105 Å². The molecule has 1 aliphatic rings. The monoisotopic (exact) mass is 1290 g/mol. The Bertz CT molecular complexity index is 4250. The second kappa shape index (κ2) is 21.8. The largest absolute Gasteiger partial charge is 0.509 e. The molecule has 0 saturated heterocycles. The summed E-state index contributed by atoms with van der Waals surface area (Å²) in [7, 11) is 0. The zero-order chi connectivity index (χ0) is 58.3. The Morgan fingerprint density at radius 1 is 0.429 bits per heavy atom. The molecule has 11 aromatic rings.